The topological polar surface area (TPSA) is 63.3 Å². The predicted molar refractivity (Wildman–Crippen MR) is 62.0 cm³/mol. The summed E-state index contributed by atoms with van der Waals surface area (Å²) in [5, 5.41) is 9.07. The van der Waals surface area contributed by atoms with E-state index in [9.17, 15) is 9.18 Å². The van der Waals surface area contributed by atoms with Crippen LogP contribution in [0.1, 0.15) is 18.4 Å². The summed E-state index contributed by atoms with van der Waals surface area (Å²) in [6, 6.07) is 6.61. The molecule has 0 spiro atoms. The van der Waals surface area contributed by atoms with Crippen molar-refractivity contribution in [1.29, 1.82) is 0 Å². The molecular weight excluding hydrogens is 221 g/mol. The number of rotatable bonds is 5. The van der Waals surface area contributed by atoms with E-state index < -0.39 is 11.4 Å². The maximum Gasteiger partial charge on any atom is 0.311 e. The first-order chi connectivity index (χ1) is 8.10. The summed E-state index contributed by atoms with van der Waals surface area (Å²) in [6.45, 7) is 0.171. The highest BCUT2D eigenvalue weighted by molar-refractivity contribution is 5.79. The second-order valence-electron chi connectivity index (χ2n) is 4.70. The van der Waals surface area contributed by atoms with Gasteiger partial charge in [0.15, 0.2) is 0 Å². The molecule has 0 radical (unpaired) electrons. The fourth-order valence-electron chi connectivity index (χ4n) is 2.39. The summed E-state index contributed by atoms with van der Waals surface area (Å²) >= 11 is 0. The van der Waals surface area contributed by atoms with Gasteiger partial charge < -0.3 is 10.8 Å². The molecule has 1 saturated carbocycles. The van der Waals surface area contributed by atoms with Gasteiger partial charge in [0, 0.05) is 6.54 Å². The van der Waals surface area contributed by atoms with Gasteiger partial charge in [-0.2, -0.15) is 0 Å². The number of hydrogen-bond donors (Lipinski definition) is 2. The normalized spacial score (nSPS) is 26.8. The molecule has 0 bridgehead atoms. The minimum atomic E-state index is -0.821. The van der Waals surface area contributed by atoms with Gasteiger partial charge in [-0.05, 0) is 36.8 Å². The molecular formula is C13H16FNO2. The molecule has 2 unspecified atom stereocenters. The molecule has 0 aromatic heterocycles. The Morgan fingerprint density at radius 2 is 2.24 bits per heavy atom. The lowest BCUT2D eigenvalue weighted by Gasteiger charge is -2.09. The van der Waals surface area contributed by atoms with E-state index in [0.717, 1.165) is 0 Å². The van der Waals surface area contributed by atoms with E-state index in [1.807, 2.05) is 0 Å². The Morgan fingerprint density at radius 3 is 2.76 bits per heavy atom. The number of carbonyl (C=O) groups is 1. The molecule has 1 aromatic rings. The first-order valence-electron chi connectivity index (χ1n) is 5.77. The number of benzene rings is 1. The lowest BCUT2D eigenvalue weighted by Crippen LogP contribution is -2.27. The zero-order chi connectivity index (χ0) is 12.5. The number of aliphatic carboxylic acids is 1. The minimum absolute atomic E-state index is 0.0876. The van der Waals surface area contributed by atoms with Gasteiger partial charge in [-0.25, -0.2) is 4.39 Å². The molecule has 1 aliphatic carbocycles. The third-order valence-corrected chi connectivity index (χ3v) is 3.74. The van der Waals surface area contributed by atoms with E-state index in [4.69, 9.17) is 10.8 Å². The van der Waals surface area contributed by atoms with Crippen molar-refractivity contribution in [2.45, 2.75) is 19.3 Å². The molecule has 1 aromatic carbocycles. The molecule has 0 amide bonds. The summed E-state index contributed by atoms with van der Waals surface area (Å²) in [5.41, 5.74) is 5.41. The number of carboxylic acids is 1. The average molecular weight is 237 g/mol. The summed E-state index contributed by atoms with van der Waals surface area (Å²) in [6.07, 6.45) is 1.88. The first kappa shape index (κ1) is 12.0. The van der Waals surface area contributed by atoms with Crippen LogP contribution in [0.4, 0.5) is 4.39 Å². The Labute approximate surface area is 99.4 Å². The third kappa shape index (κ3) is 2.17. The Bertz CT molecular complexity index is 435. The largest absolute Gasteiger partial charge is 0.481 e. The Balaban J connectivity index is 1.94. The number of halogens is 1. The highest BCUT2D eigenvalue weighted by atomic mass is 19.1. The number of nitrogens with two attached hydrogens (primary N) is 1. The van der Waals surface area contributed by atoms with Crippen LogP contribution in [0.25, 0.3) is 0 Å². The highest BCUT2D eigenvalue weighted by Crippen LogP contribution is 2.54. The fraction of sp³-hybridized carbons (Fsp3) is 0.462. The van der Waals surface area contributed by atoms with E-state index in [1.165, 1.54) is 6.07 Å². The third-order valence-electron chi connectivity index (χ3n) is 3.74. The molecule has 0 saturated heterocycles. The van der Waals surface area contributed by atoms with E-state index in [2.05, 4.69) is 0 Å². The van der Waals surface area contributed by atoms with Crippen LogP contribution in [-0.2, 0) is 11.2 Å². The van der Waals surface area contributed by atoms with Crippen LogP contribution in [0.3, 0.4) is 0 Å². The molecule has 3 N–H and O–H groups in total. The van der Waals surface area contributed by atoms with Crippen molar-refractivity contribution in [3.8, 4) is 0 Å². The van der Waals surface area contributed by atoms with Crippen LogP contribution < -0.4 is 5.73 Å². The zero-order valence-electron chi connectivity index (χ0n) is 9.53. The van der Waals surface area contributed by atoms with Crippen molar-refractivity contribution in [2.24, 2.45) is 17.1 Å². The maximum absolute atomic E-state index is 13.4. The van der Waals surface area contributed by atoms with Crippen molar-refractivity contribution in [1.82, 2.24) is 0 Å². The van der Waals surface area contributed by atoms with Crippen LogP contribution in [-0.4, -0.2) is 17.6 Å². The highest BCUT2D eigenvalue weighted by Gasteiger charge is 2.58. The van der Waals surface area contributed by atoms with Gasteiger partial charge in [-0.15, -0.1) is 0 Å². The molecule has 0 heterocycles. The monoisotopic (exact) mass is 237 g/mol. The van der Waals surface area contributed by atoms with Gasteiger partial charge in [0.1, 0.15) is 5.82 Å². The number of aryl methyl sites for hydroxylation is 1. The lowest BCUT2D eigenvalue weighted by atomic mass is 9.99. The number of carboxylic acid groups (broad SMARTS) is 1. The standard InChI is InChI=1S/C13H16FNO2/c14-11-4-2-1-3-9(11)5-6-10-7-13(10,8-15)12(16)17/h1-4,10H,5-8,15H2,(H,16,17). The molecule has 2 rings (SSSR count). The molecule has 0 aliphatic heterocycles. The van der Waals surface area contributed by atoms with E-state index in [1.54, 1.807) is 18.2 Å². The van der Waals surface area contributed by atoms with Crippen molar-refractivity contribution in [3.05, 3.63) is 35.6 Å². The molecule has 1 fully saturated rings. The number of hydrogen-bond acceptors (Lipinski definition) is 2. The predicted octanol–water partition coefficient (Wildman–Crippen LogP) is 1.81. The van der Waals surface area contributed by atoms with Crippen LogP contribution in [0.15, 0.2) is 24.3 Å². The Morgan fingerprint density at radius 1 is 1.53 bits per heavy atom. The second kappa shape index (κ2) is 4.45. The van der Waals surface area contributed by atoms with E-state index in [0.29, 0.717) is 24.8 Å². The molecule has 92 valence electrons. The summed E-state index contributed by atoms with van der Waals surface area (Å²) in [5.74, 6) is -0.954. The van der Waals surface area contributed by atoms with Crippen molar-refractivity contribution >= 4 is 5.97 Å². The first-order valence-corrected chi connectivity index (χ1v) is 5.77. The van der Waals surface area contributed by atoms with Crippen LogP contribution in [0, 0.1) is 17.2 Å². The Hall–Kier alpha value is -1.42. The van der Waals surface area contributed by atoms with Gasteiger partial charge in [0.2, 0.25) is 0 Å². The maximum atomic E-state index is 13.4. The van der Waals surface area contributed by atoms with Crippen LogP contribution >= 0.6 is 0 Å². The molecule has 3 nitrogen and oxygen atoms in total. The van der Waals surface area contributed by atoms with Crippen molar-refractivity contribution < 1.29 is 14.3 Å². The quantitative estimate of drug-likeness (QED) is 0.820. The lowest BCUT2D eigenvalue weighted by molar-refractivity contribution is -0.143. The van der Waals surface area contributed by atoms with Gasteiger partial charge >= 0.3 is 5.97 Å². The smallest absolute Gasteiger partial charge is 0.311 e. The molecule has 2 atom stereocenters. The van der Waals surface area contributed by atoms with Crippen molar-refractivity contribution in [2.75, 3.05) is 6.54 Å². The fourth-order valence-corrected chi connectivity index (χ4v) is 2.39. The SMILES string of the molecule is NCC1(C(=O)O)CC1CCc1ccccc1F. The summed E-state index contributed by atoms with van der Waals surface area (Å²) in [7, 11) is 0. The van der Waals surface area contributed by atoms with Crippen LogP contribution in [0.5, 0.6) is 0 Å². The Kier molecular flexibility index (Phi) is 3.15. The van der Waals surface area contributed by atoms with Gasteiger partial charge in [-0.1, -0.05) is 18.2 Å². The van der Waals surface area contributed by atoms with E-state index in [-0.39, 0.29) is 18.3 Å². The second-order valence-corrected chi connectivity index (χ2v) is 4.70. The summed E-state index contributed by atoms with van der Waals surface area (Å²) < 4.78 is 13.4. The van der Waals surface area contributed by atoms with E-state index >= 15 is 0 Å². The molecule has 1 aliphatic rings. The van der Waals surface area contributed by atoms with Crippen LogP contribution in [0.2, 0.25) is 0 Å². The van der Waals surface area contributed by atoms with Crippen molar-refractivity contribution in [3.63, 3.8) is 0 Å². The van der Waals surface area contributed by atoms with Gasteiger partial charge in [0.05, 0.1) is 5.41 Å². The minimum Gasteiger partial charge on any atom is -0.481 e. The molecule has 17 heavy (non-hydrogen) atoms. The zero-order valence-corrected chi connectivity index (χ0v) is 9.53. The average Bonchev–Trinajstić information content (AvgIpc) is 3.03. The summed E-state index contributed by atoms with van der Waals surface area (Å²) in [4.78, 5) is 11.0. The molecule has 4 heteroatoms. The van der Waals surface area contributed by atoms with Gasteiger partial charge in [0.25, 0.3) is 0 Å². The van der Waals surface area contributed by atoms with Gasteiger partial charge in [-0.3, -0.25) is 4.79 Å².